The Hall–Kier alpha value is -2.09. The molecule has 9 heteroatoms. The largest absolute Gasteiger partial charge is 0.465 e. The van der Waals surface area contributed by atoms with Crippen molar-refractivity contribution in [1.82, 2.24) is 0 Å². The van der Waals surface area contributed by atoms with Crippen LogP contribution in [-0.2, 0) is 25.0 Å². The number of ether oxygens (including phenoxy) is 1. The molecule has 0 fully saturated rings. The van der Waals surface area contributed by atoms with Crippen molar-refractivity contribution in [2.75, 3.05) is 13.4 Å². The molecule has 1 heterocycles. The van der Waals surface area contributed by atoms with Crippen molar-refractivity contribution in [3.8, 4) is 0 Å². The Kier molecular flexibility index (Phi) is 5.69. The van der Waals surface area contributed by atoms with E-state index < -0.39 is 26.7 Å². The molecule has 0 saturated heterocycles. The van der Waals surface area contributed by atoms with Crippen LogP contribution in [0.5, 0.6) is 0 Å². The number of oxime groups is 1. The zero-order valence-electron chi connectivity index (χ0n) is 16.2. The fraction of sp³-hybridized carbons (Fsp3) is 0.300. The first kappa shape index (κ1) is 21.6. The van der Waals surface area contributed by atoms with E-state index in [0.717, 1.165) is 6.26 Å². The highest BCUT2D eigenvalue weighted by atomic mass is 35.5. The average Bonchev–Trinajstić information content (AvgIpc) is 2.99. The van der Waals surface area contributed by atoms with Crippen LogP contribution in [0.3, 0.4) is 0 Å². The number of rotatable bonds is 4. The van der Waals surface area contributed by atoms with Gasteiger partial charge in [-0.2, -0.15) is 0 Å². The minimum atomic E-state index is -3.66. The molecule has 0 amide bonds. The molecule has 29 heavy (non-hydrogen) atoms. The summed E-state index contributed by atoms with van der Waals surface area (Å²) in [6, 6.07) is 9.65. The second-order valence-electron chi connectivity index (χ2n) is 7.06. The van der Waals surface area contributed by atoms with Crippen LogP contribution < -0.4 is 0 Å². The number of benzene rings is 2. The van der Waals surface area contributed by atoms with Crippen molar-refractivity contribution in [2.45, 2.75) is 24.7 Å². The monoisotopic (exact) mass is 455 g/mol. The van der Waals surface area contributed by atoms with Gasteiger partial charge in [-0.3, -0.25) is 0 Å². The van der Waals surface area contributed by atoms with Gasteiger partial charge in [0.15, 0.2) is 20.7 Å². The van der Waals surface area contributed by atoms with Gasteiger partial charge < -0.3 is 9.57 Å². The van der Waals surface area contributed by atoms with Gasteiger partial charge in [-0.15, -0.1) is 0 Å². The third kappa shape index (κ3) is 3.99. The topological polar surface area (TPSA) is 82.0 Å². The normalized spacial score (nSPS) is 21.4. The van der Waals surface area contributed by atoms with E-state index >= 15 is 0 Å². The van der Waals surface area contributed by atoms with E-state index in [9.17, 15) is 13.2 Å². The van der Waals surface area contributed by atoms with Crippen LogP contribution in [0, 0.1) is 6.92 Å². The summed E-state index contributed by atoms with van der Waals surface area (Å²) in [5.41, 5.74) is 0.951. The summed E-state index contributed by atoms with van der Waals surface area (Å²) in [4.78, 5) is 17.5. The van der Waals surface area contributed by atoms with Crippen molar-refractivity contribution in [1.29, 1.82) is 0 Å². The fourth-order valence-electron chi connectivity index (χ4n) is 3.52. The maximum atomic E-state index is 12.8. The van der Waals surface area contributed by atoms with Gasteiger partial charge in [0, 0.05) is 27.4 Å². The molecule has 0 aromatic heterocycles. The smallest absolute Gasteiger partial charge is 0.338 e. The van der Waals surface area contributed by atoms with Crippen LogP contribution in [0.2, 0.25) is 10.0 Å². The van der Waals surface area contributed by atoms with E-state index in [1.165, 1.54) is 7.11 Å². The number of carbonyl (C=O) groups is 1. The second kappa shape index (κ2) is 7.63. The molecule has 0 saturated carbocycles. The third-order valence-electron chi connectivity index (χ3n) is 4.87. The lowest BCUT2D eigenvalue weighted by molar-refractivity contribution is -0.00527. The number of esters is 1. The van der Waals surface area contributed by atoms with E-state index in [0.29, 0.717) is 32.3 Å². The maximum absolute atomic E-state index is 12.8. The summed E-state index contributed by atoms with van der Waals surface area (Å²) in [5.74, 6) is -0.475. The fourth-order valence-corrected chi connectivity index (χ4v) is 5.63. The Morgan fingerprint density at radius 2 is 1.79 bits per heavy atom. The van der Waals surface area contributed by atoms with Crippen LogP contribution in [0.4, 0.5) is 0 Å². The van der Waals surface area contributed by atoms with Crippen molar-refractivity contribution >= 4 is 44.7 Å². The van der Waals surface area contributed by atoms with Gasteiger partial charge in [0.25, 0.3) is 0 Å². The number of aryl methyl sites for hydroxylation is 1. The van der Waals surface area contributed by atoms with Crippen LogP contribution >= 0.6 is 23.2 Å². The number of nitrogens with zero attached hydrogens (tertiary/aromatic N) is 1. The van der Waals surface area contributed by atoms with Crippen LogP contribution in [0.15, 0.2) is 41.6 Å². The first-order valence-corrected chi connectivity index (χ1v) is 11.3. The minimum absolute atomic E-state index is 0.241. The Labute approximate surface area is 179 Å². The summed E-state index contributed by atoms with van der Waals surface area (Å²) in [6.45, 7) is 3.37. The summed E-state index contributed by atoms with van der Waals surface area (Å²) in [7, 11) is -2.36. The van der Waals surface area contributed by atoms with E-state index in [2.05, 4.69) is 5.16 Å². The summed E-state index contributed by atoms with van der Waals surface area (Å²) in [6.07, 6.45) is 1.13. The molecule has 0 radical (unpaired) electrons. The molecule has 2 atom stereocenters. The Bertz CT molecular complexity index is 1110. The van der Waals surface area contributed by atoms with Gasteiger partial charge in [0.2, 0.25) is 0 Å². The predicted molar refractivity (Wildman–Crippen MR) is 113 cm³/mol. The molecule has 2 aromatic rings. The van der Waals surface area contributed by atoms with Crippen molar-refractivity contribution in [3.63, 3.8) is 0 Å². The summed E-state index contributed by atoms with van der Waals surface area (Å²) < 4.78 is 30.3. The van der Waals surface area contributed by atoms with Gasteiger partial charge in [-0.05, 0) is 49.7 Å². The zero-order chi connectivity index (χ0) is 21.6. The number of sulfone groups is 1. The molecule has 154 valence electrons. The van der Waals surface area contributed by atoms with E-state index in [1.807, 2.05) is 0 Å². The first-order valence-electron chi connectivity index (χ1n) is 8.58. The highest BCUT2D eigenvalue weighted by Gasteiger charge is 2.53. The molecule has 1 aliphatic heterocycles. The molecule has 2 unspecified atom stereocenters. The summed E-state index contributed by atoms with van der Waals surface area (Å²) in [5, 5.41) is 3.73. The first-order chi connectivity index (χ1) is 13.5. The molecule has 1 aliphatic rings. The van der Waals surface area contributed by atoms with Gasteiger partial charge in [0.1, 0.15) is 5.71 Å². The maximum Gasteiger partial charge on any atom is 0.338 e. The standard InChI is InChI=1S/C20H19Cl2NO5S/c1-11-7-12(5-6-16(11)19(24)27-3)17-18(29(4,25)26)20(2,28-23-17)13-8-14(21)10-15(22)9-13/h5-10,18H,1-4H3. The van der Waals surface area contributed by atoms with Crippen LogP contribution in [0.1, 0.15) is 34.0 Å². The van der Waals surface area contributed by atoms with Crippen molar-refractivity contribution in [2.24, 2.45) is 5.16 Å². The molecule has 3 rings (SSSR count). The van der Waals surface area contributed by atoms with Gasteiger partial charge in [-0.1, -0.05) is 34.4 Å². The van der Waals surface area contributed by atoms with E-state index in [4.69, 9.17) is 32.8 Å². The number of halogens is 2. The van der Waals surface area contributed by atoms with Crippen molar-refractivity contribution < 1.29 is 22.8 Å². The number of hydrogen-bond acceptors (Lipinski definition) is 6. The Morgan fingerprint density at radius 3 is 2.31 bits per heavy atom. The number of carbonyl (C=O) groups excluding carboxylic acids is 1. The number of methoxy groups -OCH3 is 1. The SMILES string of the molecule is COC(=O)c1ccc(C2=NOC(C)(c3cc(Cl)cc(Cl)c3)C2S(C)(=O)=O)cc1C. The van der Waals surface area contributed by atoms with Gasteiger partial charge in [-0.25, -0.2) is 13.2 Å². The quantitative estimate of drug-likeness (QED) is 0.646. The van der Waals surface area contributed by atoms with Gasteiger partial charge >= 0.3 is 5.97 Å². The van der Waals surface area contributed by atoms with Crippen LogP contribution in [0.25, 0.3) is 0 Å². The summed E-state index contributed by atoms with van der Waals surface area (Å²) >= 11 is 12.2. The molecule has 0 spiro atoms. The molecular formula is C20H19Cl2NO5S. The highest BCUT2D eigenvalue weighted by molar-refractivity contribution is 7.92. The molecule has 0 bridgehead atoms. The lowest BCUT2D eigenvalue weighted by Gasteiger charge is -2.29. The molecule has 0 N–H and O–H groups in total. The third-order valence-corrected chi connectivity index (χ3v) is 6.84. The molecule has 2 aromatic carbocycles. The second-order valence-corrected chi connectivity index (χ2v) is 10.1. The predicted octanol–water partition coefficient (Wildman–Crippen LogP) is 4.15. The van der Waals surface area contributed by atoms with Gasteiger partial charge in [0.05, 0.1) is 12.7 Å². The Morgan fingerprint density at radius 1 is 1.17 bits per heavy atom. The minimum Gasteiger partial charge on any atom is -0.465 e. The molecule has 0 aliphatic carbocycles. The Balaban J connectivity index is 2.12. The van der Waals surface area contributed by atoms with E-state index in [1.54, 1.807) is 50.2 Å². The molecular weight excluding hydrogens is 437 g/mol. The highest BCUT2D eigenvalue weighted by Crippen LogP contribution is 2.42. The van der Waals surface area contributed by atoms with Crippen molar-refractivity contribution in [3.05, 3.63) is 68.7 Å². The zero-order valence-corrected chi connectivity index (χ0v) is 18.5. The lowest BCUT2D eigenvalue weighted by atomic mass is 9.88. The average molecular weight is 456 g/mol. The number of hydrogen-bond donors (Lipinski definition) is 0. The van der Waals surface area contributed by atoms with E-state index in [-0.39, 0.29) is 5.71 Å². The van der Waals surface area contributed by atoms with Crippen LogP contribution in [-0.4, -0.2) is 38.7 Å². The lowest BCUT2D eigenvalue weighted by Crippen LogP contribution is -2.44. The molecule has 6 nitrogen and oxygen atoms in total.